The number of aryl methyl sites for hydroxylation is 2. The van der Waals surface area contributed by atoms with Crippen LogP contribution in [0.2, 0.25) is 0 Å². The van der Waals surface area contributed by atoms with Crippen molar-refractivity contribution in [3.63, 3.8) is 0 Å². The van der Waals surface area contributed by atoms with Crippen molar-refractivity contribution >= 4 is 46.4 Å². The highest BCUT2D eigenvalue weighted by Crippen LogP contribution is 2.16. The second-order valence-electron chi connectivity index (χ2n) is 7.85. The molecule has 0 saturated heterocycles. The highest BCUT2D eigenvalue weighted by atomic mass is 79.9. The van der Waals surface area contributed by atoms with Gasteiger partial charge in [-0.15, -0.1) is 0 Å². The van der Waals surface area contributed by atoms with E-state index < -0.39 is 14.5 Å². The second-order valence-corrected chi connectivity index (χ2v) is 9.43. The van der Waals surface area contributed by atoms with Crippen LogP contribution in [0.4, 0.5) is 34.5 Å². The Morgan fingerprint density at radius 3 is 0.972 bits per heavy atom. The molecule has 36 heavy (non-hydrogen) atoms. The number of hydrogen-bond donors (Lipinski definition) is 0. The van der Waals surface area contributed by atoms with Gasteiger partial charge in [0.25, 0.3) is 0 Å². The smallest absolute Gasteiger partial charge is 0.418 e. The van der Waals surface area contributed by atoms with E-state index in [2.05, 4.69) is 90.0 Å². The number of unbranched alkanes of at least 4 members (excludes halogenated alkanes) is 6. The molecule has 0 bridgehead atoms. The normalized spacial score (nSPS) is 11.3. The summed E-state index contributed by atoms with van der Waals surface area (Å²) in [5.41, 5.74) is 2.59. The lowest BCUT2D eigenvalue weighted by atomic mass is 10.1. The Balaban J connectivity index is 0.00000104. The molecule has 0 atom stereocenters. The average Bonchev–Trinajstić information content (AvgIpc) is 2.78. The van der Waals surface area contributed by atoms with Gasteiger partial charge in [0.2, 0.25) is 0 Å². The molecular formula is C22H32B2Br2F8N2. The number of hydrogen-bond acceptors (Lipinski definition) is 0. The molecule has 0 unspecified atom stereocenters. The maximum atomic E-state index is 9.75. The Morgan fingerprint density at radius 2 is 0.722 bits per heavy atom. The predicted molar refractivity (Wildman–Crippen MR) is 137 cm³/mol. The van der Waals surface area contributed by atoms with Crippen LogP contribution in [0.25, 0.3) is 11.1 Å². The van der Waals surface area contributed by atoms with Crippen molar-refractivity contribution in [3.05, 3.63) is 49.1 Å². The van der Waals surface area contributed by atoms with Gasteiger partial charge in [-0.3, -0.25) is 0 Å². The van der Waals surface area contributed by atoms with Gasteiger partial charge in [-0.1, -0.05) is 44.7 Å². The van der Waals surface area contributed by atoms with Crippen LogP contribution >= 0.6 is 31.9 Å². The number of aromatic nitrogens is 2. The van der Waals surface area contributed by atoms with Crippen molar-refractivity contribution in [1.82, 2.24) is 0 Å². The van der Waals surface area contributed by atoms with E-state index >= 15 is 0 Å². The highest BCUT2D eigenvalue weighted by molar-refractivity contribution is 9.09. The summed E-state index contributed by atoms with van der Waals surface area (Å²) in [7, 11) is -12.0. The molecule has 0 saturated carbocycles. The van der Waals surface area contributed by atoms with Crippen molar-refractivity contribution in [2.75, 3.05) is 10.7 Å². The Morgan fingerprint density at radius 1 is 0.472 bits per heavy atom. The molecule has 0 aromatic carbocycles. The first-order valence-electron chi connectivity index (χ1n) is 11.7. The minimum Gasteiger partial charge on any atom is -0.418 e. The fourth-order valence-corrected chi connectivity index (χ4v) is 3.88. The second kappa shape index (κ2) is 19.9. The summed E-state index contributed by atoms with van der Waals surface area (Å²) in [5, 5.41) is 2.26. The molecule has 2 heterocycles. The predicted octanol–water partition coefficient (Wildman–Crippen LogP) is 8.44. The minimum absolute atomic E-state index is 1.12. The Kier molecular flexibility index (Phi) is 19.2. The molecule has 2 aromatic rings. The summed E-state index contributed by atoms with van der Waals surface area (Å²) < 4.78 is 82.6. The highest BCUT2D eigenvalue weighted by Gasteiger charge is 2.21. The van der Waals surface area contributed by atoms with Crippen LogP contribution in [-0.4, -0.2) is 25.2 Å². The number of rotatable bonds is 13. The van der Waals surface area contributed by atoms with E-state index in [9.17, 15) is 34.5 Å². The number of alkyl halides is 2. The first kappa shape index (κ1) is 34.8. The van der Waals surface area contributed by atoms with Crippen LogP contribution in [0.1, 0.15) is 51.4 Å². The van der Waals surface area contributed by atoms with Crippen molar-refractivity contribution in [1.29, 1.82) is 0 Å². The monoisotopic (exact) mass is 656 g/mol. The van der Waals surface area contributed by atoms with Gasteiger partial charge in [0.15, 0.2) is 24.8 Å². The van der Waals surface area contributed by atoms with Crippen molar-refractivity contribution in [3.8, 4) is 11.1 Å². The summed E-state index contributed by atoms with van der Waals surface area (Å²) in [4.78, 5) is 0. The molecule has 0 aliphatic rings. The van der Waals surface area contributed by atoms with E-state index in [0.29, 0.717) is 0 Å². The third kappa shape index (κ3) is 24.5. The summed E-state index contributed by atoms with van der Waals surface area (Å²) >= 11 is 6.99. The van der Waals surface area contributed by atoms with Gasteiger partial charge in [0.1, 0.15) is 13.1 Å². The van der Waals surface area contributed by atoms with E-state index in [0.717, 1.165) is 23.7 Å². The third-order valence-electron chi connectivity index (χ3n) is 4.72. The lowest BCUT2D eigenvalue weighted by Gasteiger charge is -2.02. The van der Waals surface area contributed by atoms with Crippen LogP contribution < -0.4 is 9.13 Å². The Labute approximate surface area is 225 Å². The largest absolute Gasteiger partial charge is 0.673 e. The van der Waals surface area contributed by atoms with Gasteiger partial charge < -0.3 is 34.5 Å². The fourth-order valence-electron chi connectivity index (χ4n) is 3.08. The maximum absolute atomic E-state index is 9.75. The summed E-state index contributed by atoms with van der Waals surface area (Å²) in [5.74, 6) is 0. The first-order chi connectivity index (χ1) is 16.8. The molecule has 2 nitrogen and oxygen atoms in total. The summed E-state index contributed by atoms with van der Waals surface area (Å²) in [6, 6.07) is 8.94. The van der Waals surface area contributed by atoms with Crippen molar-refractivity contribution in [2.24, 2.45) is 0 Å². The number of pyridine rings is 2. The van der Waals surface area contributed by atoms with Crippen molar-refractivity contribution in [2.45, 2.75) is 64.5 Å². The molecule has 0 aliphatic carbocycles. The average molecular weight is 658 g/mol. The topological polar surface area (TPSA) is 7.76 Å². The quantitative estimate of drug-likeness (QED) is 0.0672. The van der Waals surface area contributed by atoms with Gasteiger partial charge in [-0.25, -0.2) is 9.13 Å². The van der Waals surface area contributed by atoms with Gasteiger partial charge >= 0.3 is 14.5 Å². The maximum Gasteiger partial charge on any atom is 0.673 e. The zero-order chi connectivity index (χ0) is 27.5. The van der Waals surface area contributed by atoms with E-state index in [1.807, 2.05) is 0 Å². The molecule has 206 valence electrons. The molecule has 2 aromatic heterocycles. The number of nitrogens with zero attached hydrogens (tertiary/aromatic N) is 2. The SMILES string of the molecule is BrCCCCCC[n+]1ccc(-c2cc[n+](CCCCCCBr)cc2)cc1.F[B-](F)(F)F.F[B-](F)(F)F. The lowest BCUT2D eigenvalue weighted by molar-refractivity contribution is -0.697. The molecule has 0 aliphatic heterocycles. The van der Waals surface area contributed by atoms with Gasteiger partial charge in [0, 0.05) is 47.8 Å². The standard InChI is InChI=1S/C22H32Br2N2.2BF4/c23-13-5-1-3-7-15-25-17-9-21(10-18-25)22-11-19-26(20-12-22)16-8-4-2-6-14-24;2*2-1(3,4)5/h9-12,17-20H,1-8,13-16H2;;/q+2;2*-1. The van der Waals surface area contributed by atoms with Crippen molar-refractivity contribution < 1.29 is 43.7 Å². The molecule has 0 spiro atoms. The summed E-state index contributed by atoms with van der Waals surface area (Å²) in [6.07, 6.45) is 19.2. The zero-order valence-electron chi connectivity index (χ0n) is 19.9. The van der Waals surface area contributed by atoms with Crippen LogP contribution in [0.15, 0.2) is 49.1 Å². The fraction of sp³-hybridized carbons (Fsp3) is 0.545. The van der Waals surface area contributed by atoms with E-state index in [1.54, 1.807) is 0 Å². The molecule has 14 heteroatoms. The van der Waals surface area contributed by atoms with E-state index in [1.165, 1.54) is 62.5 Å². The first-order valence-corrected chi connectivity index (χ1v) is 13.9. The Hall–Kier alpha value is -1.17. The minimum atomic E-state index is -6.00. The van der Waals surface area contributed by atoms with Gasteiger partial charge in [-0.05, 0) is 36.8 Å². The molecule has 0 radical (unpaired) electrons. The van der Waals surface area contributed by atoms with E-state index in [4.69, 9.17) is 0 Å². The molecule has 0 fully saturated rings. The lowest BCUT2D eigenvalue weighted by Crippen LogP contribution is -2.33. The Bertz CT molecular complexity index is 713. The third-order valence-corrected chi connectivity index (χ3v) is 5.84. The molecule has 0 amide bonds. The zero-order valence-corrected chi connectivity index (χ0v) is 23.1. The van der Waals surface area contributed by atoms with Crippen LogP contribution in [0, 0.1) is 0 Å². The molecular weight excluding hydrogens is 626 g/mol. The molecule has 0 N–H and O–H groups in total. The van der Waals surface area contributed by atoms with Crippen LogP contribution in [-0.2, 0) is 13.1 Å². The van der Waals surface area contributed by atoms with Crippen LogP contribution in [0.3, 0.4) is 0 Å². The van der Waals surface area contributed by atoms with Gasteiger partial charge in [-0.2, -0.15) is 0 Å². The van der Waals surface area contributed by atoms with Gasteiger partial charge in [0.05, 0.1) is 0 Å². The van der Waals surface area contributed by atoms with E-state index in [-0.39, 0.29) is 0 Å². The van der Waals surface area contributed by atoms with Crippen LogP contribution in [0.5, 0.6) is 0 Å². The number of halogens is 10. The summed E-state index contributed by atoms with van der Waals surface area (Å²) in [6.45, 7) is 2.23. The molecule has 2 rings (SSSR count).